The third-order valence-electron chi connectivity index (χ3n) is 3.01. The molecule has 1 aromatic carbocycles. The molecule has 0 fully saturated rings. The van der Waals surface area contributed by atoms with Gasteiger partial charge in [-0.05, 0) is 24.1 Å². The van der Waals surface area contributed by atoms with Crippen molar-refractivity contribution in [2.45, 2.75) is 12.5 Å². The van der Waals surface area contributed by atoms with Crippen LogP contribution in [-0.4, -0.2) is 15.1 Å². The number of hydrogen-bond acceptors (Lipinski definition) is 5. The molecule has 1 atom stereocenters. The van der Waals surface area contributed by atoms with Crippen molar-refractivity contribution < 1.29 is 4.52 Å². The van der Waals surface area contributed by atoms with E-state index in [1.807, 2.05) is 30.3 Å². The Kier molecular flexibility index (Phi) is 3.94. The monoisotopic (exact) mass is 300 g/mol. The number of rotatable bonds is 4. The SMILES string of the molecule is NC(Cc1ccccc1)c1nc(-c2ccc(Cl)cn2)no1. The molecule has 0 saturated carbocycles. The third-order valence-corrected chi connectivity index (χ3v) is 3.24. The molecule has 3 aromatic rings. The minimum atomic E-state index is -0.346. The van der Waals surface area contributed by atoms with E-state index in [0.29, 0.717) is 28.9 Å². The van der Waals surface area contributed by atoms with Crippen molar-refractivity contribution >= 4 is 11.6 Å². The number of pyridine rings is 1. The van der Waals surface area contributed by atoms with Gasteiger partial charge in [0.2, 0.25) is 11.7 Å². The molecule has 6 heteroatoms. The average Bonchev–Trinajstić information content (AvgIpc) is 2.99. The summed E-state index contributed by atoms with van der Waals surface area (Å²) in [6.45, 7) is 0. The summed E-state index contributed by atoms with van der Waals surface area (Å²) in [6.07, 6.45) is 2.17. The van der Waals surface area contributed by atoms with Crippen molar-refractivity contribution in [2.24, 2.45) is 5.73 Å². The molecule has 21 heavy (non-hydrogen) atoms. The predicted octanol–water partition coefficient (Wildman–Crippen LogP) is 3.03. The Morgan fingerprint density at radius 1 is 1.14 bits per heavy atom. The number of hydrogen-bond donors (Lipinski definition) is 1. The second kappa shape index (κ2) is 6.03. The van der Waals surface area contributed by atoms with Crippen LogP contribution in [0.4, 0.5) is 0 Å². The molecule has 1 unspecified atom stereocenters. The first-order valence-electron chi connectivity index (χ1n) is 6.47. The first-order valence-corrected chi connectivity index (χ1v) is 6.85. The van der Waals surface area contributed by atoms with Gasteiger partial charge in [0.25, 0.3) is 0 Å². The largest absolute Gasteiger partial charge is 0.337 e. The lowest BCUT2D eigenvalue weighted by Gasteiger charge is -2.05. The number of halogens is 1. The van der Waals surface area contributed by atoms with Crippen LogP contribution < -0.4 is 5.73 Å². The quantitative estimate of drug-likeness (QED) is 0.801. The van der Waals surface area contributed by atoms with Crippen LogP contribution in [0, 0.1) is 0 Å². The first kappa shape index (κ1) is 13.7. The van der Waals surface area contributed by atoms with Gasteiger partial charge in [-0.25, -0.2) is 0 Å². The summed E-state index contributed by atoms with van der Waals surface area (Å²) < 4.78 is 5.22. The Morgan fingerprint density at radius 2 is 1.95 bits per heavy atom. The molecule has 0 aliphatic rings. The smallest absolute Gasteiger partial charge is 0.244 e. The summed E-state index contributed by atoms with van der Waals surface area (Å²) in [5.41, 5.74) is 7.82. The first-order chi connectivity index (χ1) is 10.2. The van der Waals surface area contributed by atoms with Crippen LogP contribution in [0.5, 0.6) is 0 Å². The van der Waals surface area contributed by atoms with Gasteiger partial charge in [-0.1, -0.05) is 47.1 Å². The van der Waals surface area contributed by atoms with E-state index in [4.69, 9.17) is 21.9 Å². The molecule has 0 saturated heterocycles. The highest BCUT2D eigenvalue weighted by atomic mass is 35.5. The highest BCUT2D eigenvalue weighted by molar-refractivity contribution is 6.30. The van der Waals surface area contributed by atoms with Crippen molar-refractivity contribution in [1.29, 1.82) is 0 Å². The van der Waals surface area contributed by atoms with E-state index in [0.717, 1.165) is 5.56 Å². The van der Waals surface area contributed by atoms with Crippen molar-refractivity contribution in [3.05, 3.63) is 65.1 Å². The summed E-state index contributed by atoms with van der Waals surface area (Å²) in [4.78, 5) is 8.45. The maximum absolute atomic E-state index is 6.10. The van der Waals surface area contributed by atoms with Gasteiger partial charge < -0.3 is 10.3 Å². The van der Waals surface area contributed by atoms with Crippen molar-refractivity contribution in [1.82, 2.24) is 15.1 Å². The van der Waals surface area contributed by atoms with E-state index < -0.39 is 0 Å². The Labute approximate surface area is 126 Å². The van der Waals surface area contributed by atoms with Crippen LogP contribution in [0.15, 0.2) is 53.2 Å². The van der Waals surface area contributed by atoms with Crippen LogP contribution in [-0.2, 0) is 6.42 Å². The van der Waals surface area contributed by atoms with Crippen LogP contribution in [0.2, 0.25) is 5.02 Å². The lowest BCUT2D eigenvalue weighted by Crippen LogP contribution is -2.13. The normalized spacial score (nSPS) is 12.3. The standard InChI is InChI=1S/C15H13ClN4O/c16-11-6-7-13(18-9-11)14-19-15(21-20-14)12(17)8-10-4-2-1-3-5-10/h1-7,9,12H,8,17H2. The number of nitrogens with two attached hydrogens (primary N) is 1. The molecule has 5 nitrogen and oxygen atoms in total. The lowest BCUT2D eigenvalue weighted by molar-refractivity contribution is 0.354. The van der Waals surface area contributed by atoms with Crippen molar-refractivity contribution in [2.75, 3.05) is 0 Å². The molecule has 0 bridgehead atoms. The Balaban J connectivity index is 1.76. The second-order valence-corrected chi connectivity index (χ2v) is 5.05. The van der Waals surface area contributed by atoms with Crippen molar-refractivity contribution in [3.8, 4) is 11.5 Å². The molecule has 0 aliphatic carbocycles. The van der Waals surface area contributed by atoms with Crippen LogP contribution in [0.3, 0.4) is 0 Å². The van der Waals surface area contributed by atoms with Crippen LogP contribution in [0.25, 0.3) is 11.5 Å². The Morgan fingerprint density at radius 3 is 2.67 bits per heavy atom. The molecule has 2 N–H and O–H groups in total. The average molecular weight is 301 g/mol. The summed E-state index contributed by atoms with van der Waals surface area (Å²) in [7, 11) is 0. The minimum absolute atomic E-state index is 0.346. The maximum Gasteiger partial charge on any atom is 0.244 e. The van der Waals surface area contributed by atoms with Gasteiger partial charge in [0.05, 0.1) is 11.1 Å². The van der Waals surface area contributed by atoms with E-state index >= 15 is 0 Å². The third kappa shape index (κ3) is 3.26. The molecule has 2 aromatic heterocycles. The molecule has 2 heterocycles. The molecule has 0 amide bonds. The Hall–Kier alpha value is -2.24. The maximum atomic E-state index is 6.10. The van der Waals surface area contributed by atoms with Gasteiger partial charge in [0.15, 0.2) is 0 Å². The zero-order chi connectivity index (χ0) is 14.7. The van der Waals surface area contributed by atoms with Gasteiger partial charge >= 0.3 is 0 Å². The fourth-order valence-corrected chi connectivity index (χ4v) is 2.07. The number of aromatic nitrogens is 3. The van der Waals surface area contributed by atoms with Crippen LogP contribution >= 0.6 is 11.6 Å². The summed E-state index contributed by atoms with van der Waals surface area (Å²) in [5.74, 6) is 0.802. The molecule has 0 spiro atoms. The zero-order valence-electron chi connectivity index (χ0n) is 11.1. The molecule has 106 valence electrons. The molecule has 0 aliphatic heterocycles. The number of benzene rings is 1. The second-order valence-electron chi connectivity index (χ2n) is 4.61. The number of nitrogens with zero attached hydrogens (tertiary/aromatic N) is 3. The topological polar surface area (TPSA) is 77.8 Å². The van der Waals surface area contributed by atoms with Gasteiger partial charge in [-0.2, -0.15) is 4.98 Å². The van der Waals surface area contributed by atoms with Gasteiger partial charge in [-0.15, -0.1) is 0 Å². The van der Waals surface area contributed by atoms with Crippen molar-refractivity contribution in [3.63, 3.8) is 0 Å². The Bertz CT molecular complexity index is 712. The lowest BCUT2D eigenvalue weighted by atomic mass is 10.1. The molecule has 3 rings (SSSR count). The van der Waals surface area contributed by atoms with Gasteiger partial charge in [0, 0.05) is 6.20 Å². The minimum Gasteiger partial charge on any atom is -0.337 e. The highest BCUT2D eigenvalue weighted by Crippen LogP contribution is 2.19. The van der Waals surface area contributed by atoms with Crippen LogP contribution in [0.1, 0.15) is 17.5 Å². The van der Waals surface area contributed by atoms with E-state index in [2.05, 4.69) is 15.1 Å². The van der Waals surface area contributed by atoms with E-state index in [1.165, 1.54) is 6.20 Å². The summed E-state index contributed by atoms with van der Waals surface area (Å²) >= 11 is 5.80. The zero-order valence-corrected chi connectivity index (χ0v) is 11.9. The van der Waals surface area contributed by atoms with E-state index in [9.17, 15) is 0 Å². The van der Waals surface area contributed by atoms with E-state index in [1.54, 1.807) is 12.1 Å². The molecular weight excluding hydrogens is 288 g/mol. The summed E-state index contributed by atoms with van der Waals surface area (Å²) in [6, 6.07) is 13.0. The fourth-order valence-electron chi connectivity index (χ4n) is 1.95. The highest BCUT2D eigenvalue weighted by Gasteiger charge is 2.16. The van der Waals surface area contributed by atoms with Gasteiger partial charge in [0.1, 0.15) is 5.69 Å². The molecule has 0 radical (unpaired) electrons. The predicted molar refractivity (Wildman–Crippen MR) is 79.6 cm³/mol. The fraction of sp³-hybridized carbons (Fsp3) is 0.133. The van der Waals surface area contributed by atoms with E-state index in [-0.39, 0.29) is 6.04 Å². The molecular formula is C15H13ClN4O. The van der Waals surface area contributed by atoms with Gasteiger partial charge in [-0.3, -0.25) is 4.98 Å². The summed E-state index contributed by atoms with van der Waals surface area (Å²) in [5, 5.41) is 4.47.